The van der Waals surface area contributed by atoms with Crippen molar-refractivity contribution in [2.24, 2.45) is 0 Å². The number of ether oxygens (including phenoxy) is 2. The SMILES string of the molecule is CCOc1ccccc1NC(=O)c1ccc(NC2=C(Cl)C(=O)N(c3ccc(C(=O)OC)cc3)C2=O)cc1. The van der Waals surface area contributed by atoms with Crippen LogP contribution in [0.3, 0.4) is 0 Å². The third kappa shape index (κ3) is 5.31. The van der Waals surface area contributed by atoms with Crippen LogP contribution < -0.4 is 20.3 Å². The Balaban J connectivity index is 1.46. The highest BCUT2D eigenvalue weighted by atomic mass is 35.5. The number of hydrogen-bond acceptors (Lipinski definition) is 7. The number of benzene rings is 3. The summed E-state index contributed by atoms with van der Waals surface area (Å²) < 4.78 is 10.2. The normalized spacial score (nSPS) is 13.0. The maximum atomic E-state index is 13.0. The molecule has 0 saturated carbocycles. The summed E-state index contributed by atoms with van der Waals surface area (Å²) in [5, 5.41) is 5.39. The lowest BCUT2D eigenvalue weighted by molar-refractivity contribution is -0.120. The van der Waals surface area contributed by atoms with Gasteiger partial charge in [0.2, 0.25) is 0 Å². The van der Waals surface area contributed by atoms with Gasteiger partial charge in [0.15, 0.2) is 0 Å². The van der Waals surface area contributed by atoms with Crippen molar-refractivity contribution in [3.8, 4) is 5.75 Å². The van der Waals surface area contributed by atoms with Crippen molar-refractivity contribution >= 4 is 52.4 Å². The maximum absolute atomic E-state index is 13.0. The molecule has 4 rings (SSSR count). The Morgan fingerprint density at radius 3 is 2.19 bits per heavy atom. The van der Waals surface area contributed by atoms with Gasteiger partial charge in [-0.3, -0.25) is 14.4 Å². The third-order valence-electron chi connectivity index (χ3n) is 5.43. The van der Waals surface area contributed by atoms with Gasteiger partial charge < -0.3 is 20.1 Å². The minimum atomic E-state index is -0.705. The Hall–Kier alpha value is -4.63. The first-order valence-electron chi connectivity index (χ1n) is 11.2. The Labute approximate surface area is 217 Å². The van der Waals surface area contributed by atoms with Gasteiger partial charge in [-0.1, -0.05) is 23.7 Å². The van der Waals surface area contributed by atoms with Crippen molar-refractivity contribution in [2.75, 3.05) is 29.3 Å². The second-order valence-corrected chi connectivity index (χ2v) is 8.14. The van der Waals surface area contributed by atoms with E-state index >= 15 is 0 Å². The third-order valence-corrected chi connectivity index (χ3v) is 5.78. The van der Waals surface area contributed by atoms with E-state index in [1.807, 2.05) is 13.0 Å². The number of halogens is 1. The van der Waals surface area contributed by atoms with Gasteiger partial charge in [-0.15, -0.1) is 0 Å². The molecule has 0 aliphatic carbocycles. The minimum Gasteiger partial charge on any atom is -0.492 e. The van der Waals surface area contributed by atoms with Crippen LogP contribution in [-0.2, 0) is 14.3 Å². The van der Waals surface area contributed by atoms with E-state index < -0.39 is 17.8 Å². The molecular weight excluding hydrogens is 498 g/mol. The quantitative estimate of drug-likeness (QED) is 0.331. The molecule has 37 heavy (non-hydrogen) atoms. The number of carbonyl (C=O) groups is 4. The monoisotopic (exact) mass is 519 g/mol. The number of nitrogens with one attached hydrogen (secondary N) is 2. The zero-order valence-corrected chi connectivity index (χ0v) is 20.7. The van der Waals surface area contributed by atoms with Gasteiger partial charge in [-0.25, -0.2) is 9.69 Å². The topological polar surface area (TPSA) is 114 Å². The van der Waals surface area contributed by atoms with Crippen molar-refractivity contribution in [1.29, 1.82) is 0 Å². The summed E-state index contributed by atoms with van der Waals surface area (Å²) >= 11 is 6.19. The lowest BCUT2D eigenvalue weighted by Crippen LogP contribution is -2.32. The number of esters is 1. The fraction of sp³-hybridized carbons (Fsp3) is 0.111. The molecule has 3 aromatic rings. The molecule has 188 valence electrons. The van der Waals surface area contributed by atoms with Gasteiger partial charge in [0.25, 0.3) is 17.7 Å². The molecule has 0 unspecified atom stereocenters. The van der Waals surface area contributed by atoms with Crippen molar-refractivity contribution in [3.05, 3.63) is 94.7 Å². The summed E-state index contributed by atoms with van der Waals surface area (Å²) in [5.41, 5.74) is 1.78. The van der Waals surface area contributed by atoms with Crippen LogP contribution in [0.4, 0.5) is 17.1 Å². The molecular formula is C27H22ClN3O6. The molecule has 1 aliphatic heterocycles. The molecule has 0 atom stereocenters. The highest BCUT2D eigenvalue weighted by Crippen LogP contribution is 2.30. The van der Waals surface area contributed by atoms with E-state index in [-0.39, 0.29) is 27.9 Å². The molecule has 1 heterocycles. The van der Waals surface area contributed by atoms with Gasteiger partial charge in [0, 0.05) is 11.3 Å². The Morgan fingerprint density at radius 1 is 0.892 bits per heavy atom. The molecule has 2 N–H and O–H groups in total. The van der Waals surface area contributed by atoms with Gasteiger partial charge in [0.05, 0.1) is 30.7 Å². The molecule has 0 fully saturated rings. The van der Waals surface area contributed by atoms with E-state index in [0.29, 0.717) is 29.3 Å². The molecule has 0 saturated heterocycles. The molecule has 0 aromatic heterocycles. The van der Waals surface area contributed by atoms with Gasteiger partial charge in [-0.05, 0) is 67.6 Å². The first-order chi connectivity index (χ1) is 17.8. The summed E-state index contributed by atoms with van der Waals surface area (Å²) in [6, 6.07) is 19.2. The molecule has 3 amide bonds. The highest BCUT2D eigenvalue weighted by molar-refractivity contribution is 6.53. The van der Waals surface area contributed by atoms with E-state index in [1.165, 1.54) is 31.4 Å². The van der Waals surface area contributed by atoms with Crippen molar-refractivity contribution in [2.45, 2.75) is 6.92 Å². The molecule has 0 spiro atoms. The van der Waals surface area contributed by atoms with E-state index in [0.717, 1.165) is 4.90 Å². The van der Waals surface area contributed by atoms with Gasteiger partial charge in [0.1, 0.15) is 16.5 Å². The van der Waals surface area contributed by atoms with Crippen molar-refractivity contribution in [1.82, 2.24) is 0 Å². The van der Waals surface area contributed by atoms with E-state index in [2.05, 4.69) is 15.4 Å². The standard InChI is InChI=1S/C27H22ClN3O6/c1-3-37-21-7-5-4-6-20(21)30-24(32)16-8-12-18(13-9-16)29-23-22(28)25(33)31(26(23)34)19-14-10-17(11-15-19)27(35)36-2/h4-15,29H,3H2,1-2H3,(H,30,32). The number of imide groups is 1. The molecule has 3 aromatic carbocycles. The van der Waals surface area contributed by atoms with E-state index in [1.54, 1.807) is 42.5 Å². The van der Waals surface area contributed by atoms with Crippen molar-refractivity contribution in [3.63, 3.8) is 0 Å². The van der Waals surface area contributed by atoms with Gasteiger partial charge >= 0.3 is 5.97 Å². The lowest BCUT2D eigenvalue weighted by atomic mass is 10.1. The number of carbonyl (C=O) groups excluding carboxylic acids is 4. The molecule has 0 radical (unpaired) electrons. The second kappa shape index (κ2) is 11.0. The van der Waals surface area contributed by atoms with Crippen molar-refractivity contribution < 1.29 is 28.7 Å². The fourth-order valence-corrected chi connectivity index (χ4v) is 3.82. The average molecular weight is 520 g/mol. The highest BCUT2D eigenvalue weighted by Gasteiger charge is 2.39. The predicted molar refractivity (Wildman–Crippen MR) is 139 cm³/mol. The zero-order valence-electron chi connectivity index (χ0n) is 19.9. The number of anilines is 3. The summed E-state index contributed by atoms with van der Waals surface area (Å²) in [7, 11) is 1.26. The molecule has 10 heteroatoms. The number of para-hydroxylation sites is 2. The summed E-state index contributed by atoms with van der Waals surface area (Å²) in [6.07, 6.45) is 0. The zero-order chi connectivity index (χ0) is 26.5. The maximum Gasteiger partial charge on any atom is 0.337 e. The summed E-state index contributed by atoms with van der Waals surface area (Å²) in [5.74, 6) is -1.68. The minimum absolute atomic E-state index is 0.105. The number of amides is 3. The van der Waals surface area contributed by atoms with Crippen LogP contribution in [0.5, 0.6) is 5.75 Å². The first kappa shape index (κ1) is 25.5. The van der Waals surface area contributed by atoms with Crippen LogP contribution in [0.15, 0.2) is 83.5 Å². The molecule has 9 nitrogen and oxygen atoms in total. The number of nitrogens with zero attached hydrogens (tertiary/aromatic N) is 1. The Morgan fingerprint density at radius 2 is 1.54 bits per heavy atom. The van der Waals surface area contributed by atoms with Crippen LogP contribution in [0, 0.1) is 0 Å². The summed E-state index contributed by atoms with van der Waals surface area (Å²) in [4.78, 5) is 51.0. The number of methoxy groups -OCH3 is 1. The first-order valence-corrected chi connectivity index (χ1v) is 11.6. The van der Waals surface area contributed by atoms with Crippen LogP contribution in [0.25, 0.3) is 0 Å². The van der Waals surface area contributed by atoms with E-state index in [4.69, 9.17) is 16.3 Å². The smallest absolute Gasteiger partial charge is 0.337 e. The largest absolute Gasteiger partial charge is 0.492 e. The fourth-order valence-electron chi connectivity index (χ4n) is 3.61. The lowest BCUT2D eigenvalue weighted by Gasteiger charge is -2.15. The van der Waals surface area contributed by atoms with Crippen LogP contribution in [0.1, 0.15) is 27.6 Å². The Kier molecular flexibility index (Phi) is 7.55. The Bertz CT molecular complexity index is 1400. The van der Waals surface area contributed by atoms with Crippen LogP contribution in [-0.4, -0.2) is 37.4 Å². The molecule has 0 bridgehead atoms. The summed E-state index contributed by atoms with van der Waals surface area (Å²) in [6.45, 7) is 2.32. The van der Waals surface area contributed by atoms with Gasteiger partial charge in [-0.2, -0.15) is 0 Å². The second-order valence-electron chi connectivity index (χ2n) is 7.76. The average Bonchev–Trinajstić information content (AvgIpc) is 3.12. The molecule has 1 aliphatic rings. The van der Waals surface area contributed by atoms with Crippen LogP contribution >= 0.6 is 11.6 Å². The number of hydrogen-bond donors (Lipinski definition) is 2. The van der Waals surface area contributed by atoms with Crippen LogP contribution in [0.2, 0.25) is 0 Å². The van der Waals surface area contributed by atoms with E-state index in [9.17, 15) is 19.2 Å². The number of rotatable bonds is 8. The predicted octanol–water partition coefficient (Wildman–Crippen LogP) is 4.56.